The van der Waals surface area contributed by atoms with Gasteiger partial charge in [0.2, 0.25) is 5.91 Å². The smallest absolute Gasteiger partial charge is 0.221 e. The lowest BCUT2D eigenvalue weighted by Crippen LogP contribution is -2.35. The molecular formula is C9H18N2O. The Kier molecular flexibility index (Phi) is 4.08. The second-order valence-electron chi connectivity index (χ2n) is 3.46. The molecule has 0 aromatic rings. The van der Waals surface area contributed by atoms with Gasteiger partial charge in [0.15, 0.2) is 0 Å². The second kappa shape index (κ2) is 5.14. The van der Waals surface area contributed by atoms with Gasteiger partial charge < -0.3 is 10.6 Å². The summed E-state index contributed by atoms with van der Waals surface area (Å²) in [5.41, 5.74) is 0. The van der Waals surface area contributed by atoms with E-state index in [2.05, 4.69) is 17.6 Å². The van der Waals surface area contributed by atoms with Crippen molar-refractivity contribution in [1.82, 2.24) is 10.6 Å². The van der Waals surface area contributed by atoms with Gasteiger partial charge in [-0.1, -0.05) is 6.42 Å². The first-order valence-electron chi connectivity index (χ1n) is 4.79. The molecule has 1 rings (SSSR count). The lowest BCUT2D eigenvalue weighted by Gasteiger charge is -2.16. The first kappa shape index (κ1) is 9.52. The molecule has 0 aliphatic carbocycles. The number of hydrogen-bond donors (Lipinski definition) is 2. The van der Waals surface area contributed by atoms with Crippen molar-refractivity contribution in [3.05, 3.63) is 0 Å². The van der Waals surface area contributed by atoms with Gasteiger partial charge in [0.25, 0.3) is 0 Å². The Hall–Kier alpha value is -0.570. The van der Waals surface area contributed by atoms with Crippen molar-refractivity contribution < 1.29 is 4.79 Å². The first-order valence-corrected chi connectivity index (χ1v) is 4.79. The average molecular weight is 170 g/mol. The summed E-state index contributed by atoms with van der Waals surface area (Å²) in [4.78, 5) is 11.2. The summed E-state index contributed by atoms with van der Waals surface area (Å²) < 4.78 is 0. The van der Waals surface area contributed by atoms with Gasteiger partial charge in [-0.25, -0.2) is 0 Å². The van der Waals surface area contributed by atoms with Crippen molar-refractivity contribution in [2.75, 3.05) is 13.1 Å². The van der Waals surface area contributed by atoms with E-state index in [1.807, 2.05) is 0 Å². The van der Waals surface area contributed by atoms with E-state index in [-0.39, 0.29) is 5.91 Å². The zero-order valence-electron chi connectivity index (χ0n) is 7.73. The van der Waals surface area contributed by atoms with Gasteiger partial charge in [-0.3, -0.25) is 4.79 Å². The predicted octanol–water partition coefficient (Wildman–Crippen LogP) is 0.655. The number of amides is 1. The van der Waals surface area contributed by atoms with Crippen LogP contribution in [0, 0.1) is 0 Å². The maximum Gasteiger partial charge on any atom is 0.221 e. The van der Waals surface area contributed by atoms with Crippen LogP contribution in [0.1, 0.15) is 32.6 Å². The van der Waals surface area contributed by atoms with E-state index in [0.29, 0.717) is 12.5 Å². The quantitative estimate of drug-likeness (QED) is 0.560. The Morgan fingerprint density at radius 3 is 3.00 bits per heavy atom. The maximum absolute atomic E-state index is 11.2. The molecule has 70 valence electrons. The van der Waals surface area contributed by atoms with Crippen LogP contribution in [0.5, 0.6) is 0 Å². The van der Waals surface area contributed by atoms with Crippen LogP contribution >= 0.6 is 0 Å². The van der Waals surface area contributed by atoms with E-state index in [1.165, 1.54) is 12.8 Å². The zero-order chi connectivity index (χ0) is 8.81. The standard InChI is InChI=1S/C9H18N2O/c1-8-4-2-3-6-10-7-5-9(12)11-8/h8,10H,2-7H2,1H3,(H,11,12)/t8-/m1/s1. The summed E-state index contributed by atoms with van der Waals surface area (Å²) in [7, 11) is 0. The van der Waals surface area contributed by atoms with E-state index in [1.54, 1.807) is 0 Å². The molecule has 3 heteroatoms. The molecule has 1 atom stereocenters. The number of carbonyl (C=O) groups is 1. The molecule has 1 fully saturated rings. The summed E-state index contributed by atoms with van der Waals surface area (Å²) in [5, 5.41) is 6.21. The Morgan fingerprint density at radius 2 is 2.17 bits per heavy atom. The van der Waals surface area contributed by atoms with Gasteiger partial charge in [0, 0.05) is 19.0 Å². The van der Waals surface area contributed by atoms with Crippen LogP contribution in [0.2, 0.25) is 0 Å². The van der Waals surface area contributed by atoms with Gasteiger partial charge in [0.05, 0.1) is 0 Å². The van der Waals surface area contributed by atoms with Crippen molar-refractivity contribution in [3.63, 3.8) is 0 Å². The Bertz CT molecular complexity index is 147. The first-order chi connectivity index (χ1) is 5.79. The Balaban J connectivity index is 2.29. The predicted molar refractivity (Wildman–Crippen MR) is 48.9 cm³/mol. The normalized spacial score (nSPS) is 27.8. The molecule has 1 amide bonds. The minimum atomic E-state index is 0.178. The van der Waals surface area contributed by atoms with Crippen LogP contribution in [-0.2, 0) is 4.79 Å². The highest BCUT2D eigenvalue weighted by atomic mass is 16.1. The minimum absolute atomic E-state index is 0.178. The van der Waals surface area contributed by atoms with Crippen molar-refractivity contribution in [1.29, 1.82) is 0 Å². The van der Waals surface area contributed by atoms with E-state index in [9.17, 15) is 4.79 Å². The van der Waals surface area contributed by atoms with Gasteiger partial charge in [-0.2, -0.15) is 0 Å². The molecule has 0 aromatic carbocycles. The van der Waals surface area contributed by atoms with Crippen LogP contribution in [0.25, 0.3) is 0 Å². The fourth-order valence-corrected chi connectivity index (χ4v) is 1.45. The summed E-state index contributed by atoms with van der Waals surface area (Å²) in [6, 6.07) is 0.357. The zero-order valence-corrected chi connectivity index (χ0v) is 7.73. The van der Waals surface area contributed by atoms with E-state index < -0.39 is 0 Å². The fraction of sp³-hybridized carbons (Fsp3) is 0.889. The van der Waals surface area contributed by atoms with Crippen molar-refractivity contribution >= 4 is 5.91 Å². The molecule has 2 N–H and O–H groups in total. The monoisotopic (exact) mass is 170 g/mol. The van der Waals surface area contributed by atoms with E-state index >= 15 is 0 Å². The summed E-state index contributed by atoms with van der Waals surface area (Å²) in [6.07, 6.45) is 4.15. The van der Waals surface area contributed by atoms with Crippen LogP contribution < -0.4 is 10.6 Å². The average Bonchev–Trinajstić information content (AvgIpc) is 2.02. The maximum atomic E-state index is 11.2. The number of nitrogens with one attached hydrogen (secondary N) is 2. The minimum Gasteiger partial charge on any atom is -0.354 e. The summed E-state index contributed by atoms with van der Waals surface area (Å²) in [6.45, 7) is 3.95. The van der Waals surface area contributed by atoms with Crippen LogP contribution in [0.4, 0.5) is 0 Å². The highest BCUT2D eigenvalue weighted by Crippen LogP contribution is 2.01. The molecule has 12 heavy (non-hydrogen) atoms. The van der Waals surface area contributed by atoms with Gasteiger partial charge in [-0.05, 0) is 26.3 Å². The lowest BCUT2D eigenvalue weighted by molar-refractivity contribution is -0.121. The highest BCUT2D eigenvalue weighted by molar-refractivity contribution is 5.76. The molecule has 1 aliphatic heterocycles. The van der Waals surface area contributed by atoms with Gasteiger partial charge >= 0.3 is 0 Å². The molecule has 1 aliphatic rings. The SMILES string of the molecule is C[C@@H]1CCCCNCCC(=O)N1. The lowest BCUT2D eigenvalue weighted by atomic mass is 10.1. The molecule has 1 heterocycles. The van der Waals surface area contributed by atoms with Crippen molar-refractivity contribution in [2.24, 2.45) is 0 Å². The summed E-state index contributed by atoms with van der Waals surface area (Å²) in [5.74, 6) is 0.178. The fourth-order valence-electron chi connectivity index (χ4n) is 1.45. The largest absolute Gasteiger partial charge is 0.354 e. The third-order valence-corrected chi connectivity index (χ3v) is 2.18. The molecule has 0 radical (unpaired) electrons. The molecule has 0 spiro atoms. The summed E-state index contributed by atoms with van der Waals surface area (Å²) >= 11 is 0. The molecule has 0 bridgehead atoms. The van der Waals surface area contributed by atoms with Gasteiger partial charge in [0.1, 0.15) is 0 Å². The number of rotatable bonds is 0. The third-order valence-electron chi connectivity index (χ3n) is 2.18. The molecule has 3 nitrogen and oxygen atoms in total. The van der Waals surface area contributed by atoms with E-state index in [4.69, 9.17) is 0 Å². The molecule has 1 saturated heterocycles. The highest BCUT2D eigenvalue weighted by Gasteiger charge is 2.07. The number of carbonyl (C=O) groups excluding carboxylic acids is 1. The molecular weight excluding hydrogens is 152 g/mol. The Morgan fingerprint density at radius 1 is 1.33 bits per heavy atom. The second-order valence-corrected chi connectivity index (χ2v) is 3.46. The molecule has 0 aromatic heterocycles. The number of hydrogen-bond acceptors (Lipinski definition) is 2. The van der Waals surface area contributed by atoms with Crippen LogP contribution in [0.3, 0.4) is 0 Å². The Labute approximate surface area is 73.9 Å². The molecule has 0 saturated carbocycles. The topological polar surface area (TPSA) is 41.1 Å². The van der Waals surface area contributed by atoms with Crippen LogP contribution in [0.15, 0.2) is 0 Å². The van der Waals surface area contributed by atoms with Crippen molar-refractivity contribution in [2.45, 2.75) is 38.6 Å². The van der Waals surface area contributed by atoms with Crippen LogP contribution in [-0.4, -0.2) is 25.0 Å². The van der Waals surface area contributed by atoms with Gasteiger partial charge in [-0.15, -0.1) is 0 Å². The van der Waals surface area contributed by atoms with Crippen molar-refractivity contribution in [3.8, 4) is 0 Å². The van der Waals surface area contributed by atoms with E-state index in [0.717, 1.165) is 19.5 Å². The molecule has 0 unspecified atom stereocenters. The third kappa shape index (κ3) is 3.72.